The quantitative estimate of drug-likeness (QED) is 0.699. The molecule has 116 valence electrons. The molecule has 0 heterocycles. The van der Waals surface area contributed by atoms with Gasteiger partial charge >= 0.3 is 0 Å². The van der Waals surface area contributed by atoms with E-state index in [1.54, 1.807) is 0 Å². The molecule has 0 fully saturated rings. The van der Waals surface area contributed by atoms with E-state index in [9.17, 15) is 4.79 Å². The van der Waals surface area contributed by atoms with Gasteiger partial charge in [-0.05, 0) is 53.9 Å². The first-order valence-corrected chi connectivity index (χ1v) is 8.52. The molecule has 0 unspecified atom stereocenters. The Balaban J connectivity index is 1.98. The Morgan fingerprint density at radius 1 is 1.09 bits per heavy atom. The summed E-state index contributed by atoms with van der Waals surface area (Å²) in [4.78, 5) is 12.0. The molecule has 2 aromatic carbocycles. The van der Waals surface area contributed by atoms with Gasteiger partial charge < -0.3 is 10.1 Å². The second-order valence-electron chi connectivity index (χ2n) is 5.18. The van der Waals surface area contributed by atoms with Crippen molar-refractivity contribution in [3.05, 3.63) is 57.0 Å². The number of rotatable bonds is 5. The zero-order valence-corrected chi connectivity index (χ0v) is 15.6. The number of benzene rings is 2. The molecule has 2 rings (SSSR count). The van der Waals surface area contributed by atoms with Gasteiger partial charge in [0.1, 0.15) is 5.75 Å². The molecule has 0 aliphatic rings. The lowest BCUT2D eigenvalue weighted by Gasteiger charge is -2.14. The maximum Gasteiger partial charge on any atom is 0.262 e. The minimum absolute atomic E-state index is 0.0165. The first-order chi connectivity index (χ1) is 10.5. The summed E-state index contributed by atoms with van der Waals surface area (Å²) in [6.45, 7) is 4.17. The Bertz CT molecular complexity index is 654. The van der Waals surface area contributed by atoms with Crippen molar-refractivity contribution in [2.24, 2.45) is 0 Å². The number of halogens is 2. The Morgan fingerprint density at radius 3 is 2.36 bits per heavy atom. The number of ether oxygens (including phenoxy) is 1. The minimum atomic E-state index is -0.181. The van der Waals surface area contributed by atoms with Crippen molar-refractivity contribution in [1.29, 1.82) is 0 Å². The third kappa shape index (κ3) is 4.85. The van der Waals surface area contributed by atoms with Gasteiger partial charge in [0.2, 0.25) is 0 Å². The van der Waals surface area contributed by atoms with Crippen LogP contribution < -0.4 is 10.1 Å². The topological polar surface area (TPSA) is 38.3 Å². The number of nitrogens with one attached hydrogen (secondary N) is 1. The predicted molar refractivity (Wildman–Crippen MR) is 96.5 cm³/mol. The van der Waals surface area contributed by atoms with Crippen LogP contribution in [0, 0.1) is 0 Å². The number of hydrogen-bond donors (Lipinski definition) is 1. The summed E-state index contributed by atoms with van der Waals surface area (Å²) >= 11 is 6.82. The highest BCUT2D eigenvalue weighted by Crippen LogP contribution is 2.29. The number of carbonyl (C=O) groups is 1. The Labute approximate surface area is 147 Å². The lowest BCUT2D eigenvalue weighted by molar-refractivity contribution is -0.118. The Hall–Kier alpha value is -1.33. The van der Waals surface area contributed by atoms with Crippen LogP contribution in [0.15, 0.2) is 51.4 Å². The van der Waals surface area contributed by atoms with Crippen molar-refractivity contribution in [1.82, 2.24) is 0 Å². The van der Waals surface area contributed by atoms with Gasteiger partial charge in [0, 0.05) is 14.6 Å². The molecule has 0 saturated carbocycles. The van der Waals surface area contributed by atoms with Crippen molar-refractivity contribution in [2.75, 3.05) is 11.9 Å². The standard InChI is InChI=1S/C17H17Br2NO2/c1-11(2)15-9-13(19)5-8-16(15)22-10-17(21)20-14-6-3-12(18)4-7-14/h3-9,11H,10H2,1-2H3,(H,20,21). The smallest absolute Gasteiger partial charge is 0.262 e. The zero-order valence-electron chi connectivity index (χ0n) is 12.4. The molecule has 0 saturated heterocycles. The molecule has 0 aliphatic carbocycles. The van der Waals surface area contributed by atoms with E-state index < -0.39 is 0 Å². The van der Waals surface area contributed by atoms with Crippen LogP contribution in [-0.4, -0.2) is 12.5 Å². The van der Waals surface area contributed by atoms with Crippen LogP contribution in [0.5, 0.6) is 5.75 Å². The van der Waals surface area contributed by atoms with Gasteiger partial charge in [-0.15, -0.1) is 0 Å². The molecule has 5 heteroatoms. The van der Waals surface area contributed by atoms with Crippen LogP contribution in [0.4, 0.5) is 5.69 Å². The van der Waals surface area contributed by atoms with Gasteiger partial charge in [0.05, 0.1) is 0 Å². The molecule has 0 spiro atoms. The summed E-state index contributed by atoms with van der Waals surface area (Å²) in [5.74, 6) is 0.881. The lowest BCUT2D eigenvalue weighted by atomic mass is 10.0. The van der Waals surface area contributed by atoms with Crippen LogP contribution in [0.3, 0.4) is 0 Å². The molecule has 0 bridgehead atoms. The van der Waals surface area contributed by atoms with Crippen LogP contribution >= 0.6 is 31.9 Å². The highest BCUT2D eigenvalue weighted by Gasteiger charge is 2.10. The molecular weight excluding hydrogens is 410 g/mol. The summed E-state index contributed by atoms with van der Waals surface area (Å²) in [5.41, 5.74) is 1.82. The first kappa shape index (κ1) is 17.0. The molecular formula is C17H17Br2NO2. The minimum Gasteiger partial charge on any atom is -0.483 e. The third-order valence-corrected chi connectivity index (χ3v) is 4.10. The van der Waals surface area contributed by atoms with Gasteiger partial charge in [-0.2, -0.15) is 0 Å². The predicted octanol–water partition coefficient (Wildman–Crippen LogP) is 5.35. The lowest BCUT2D eigenvalue weighted by Crippen LogP contribution is -2.20. The van der Waals surface area contributed by atoms with Crippen LogP contribution in [-0.2, 0) is 4.79 Å². The highest BCUT2D eigenvalue weighted by molar-refractivity contribution is 9.10. The number of anilines is 1. The fourth-order valence-corrected chi connectivity index (χ4v) is 2.62. The van der Waals surface area contributed by atoms with E-state index in [0.717, 1.165) is 25.9 Å². The van der Waals surface area contributed by atoms with E-state index >= 15 is 0 Å². The average Bonchev–Trinajstić information content (AvgIpc) is 2.48. The SMILES string of the molecule is CC(C)c1cc(Br)ccc1OCC(=O)Nc1ccc(Br)cc1. The second-order valence-corrected chi connectivity index (χ2v) is 7.01. The van der Waals surface area contributed by atoms with Crippen molar-refractivity contribution in [2.45, 2.75) is 19.8 Å². The maximum atomic E-state index is 12.0. The highest BCUT2D eigenvalue weighted by atomic mass is 79.9. The summed E-state index contributed by atoms with van der Waals surface area (Å²) in [5, 5.41) is 2.81. The molecule has 1 amide bonds. The van der Waals surface area contributed by atoms with E-state index in [1.807, 2.05) is 42.5 Å². The summed E-state index contributed by atoms with van der Waals surface area (Å²) in [6, 6.07) is 13.2. The summed E-state index contributed by atoms with van der Waals surface area (Å²) in [7, 11) is 0. The fraction of sp³-hybridized carbons (Fsp3) is 0.235. The van der Waals surface area contributed by atoms with Crippen molar-refractivity contribution in [3.63, 3.8) is 0 Å². The Kier molecular flexibility index (Phi) is 6.03. The van der Waals surface area contributed by atoms with Gasteiger partial charge in [-0.1, -0.05) is 45.7 Å². The molecule has 22 heavy (non-hydrogen) atoms. The molecule has 2 aromatic rings. The number of amides is 1. The summed E-state index contributed by atoms with van der Waals surface area (Å²) in [6.07, 6.45) is 0. The van der Waals surface area contributed by atoms with E-state index in [1.165, 1.54) is 0 Å². The molecule has 0 radical (unpaired) electrons. The van der Waals surface area contributed by atoms with Crippen LogP contribution in [0.1, 0.15) is 25.3 Å². The van der Waals surface area contributed by atoms with Crippen LogP contribution in [0.2, 0.25) is 0 Å². The molecule has 3 nitrogen and oxygen atoms in total. The first-order valence-electron chi connectivity index (χ1n) is 6.93. The van der Waals surface area contributed by atoms with Crippen molar-refractivity contribution in [3.8, 4) is 5.75 Å². The monoisotopic (exact) mass is 425 g/mol. The molecule has 0 aromatic heterocycles. The number of carbonyl (C=O) groups excluding carboxylic acids is 1. The normalized spacial score (nSPS) is 10.6. The van der Waals surface area contributed by atoms with Crippen LogP contribution in [0.25, 0.3) is 0 Å². The van der Waals surface area contributed by atoms with E-state index in [2.05, 4.69) is 51.0 Å². The summed E-state index contributed by atoms with van der Waals surface area (Å²) < 4.78 is 7.64. The second kappa shape index (κ2) is 7.79. The fourth-order valence-electron chi connectivity index (χ4n) is 1.98. The Morgan fingerprint density at radius 2 is 1.73 bits per heavy atom. The molecule has 1 N–H and O–H groups in total. The van der Waals surface area contributed by atoms with E-state index in [0.29, 0.717) is 5.92 Å². The van der Waals surface area contributed by atoms with Gasteiger partial charge in [-0.25, -0.2) is 0 Å². The van der Waals surface area contributed by atoms with Crippen molar-refractivity contribution < 1.29 is 9.53 Å². The maximum absolute atomic E-state index is 12.0. The average molecular weight is 427 g/mol. The largest absolute Gasteiger partial charge is 0.483 e. The zero-order chi connectivity index (χ0) is 16.1. The van der Waals surface area contributed by atoms with Gasteiger partial charge in [0.25, 0.3) is 5.91 Å². The molecule has 0 atom stereocenters. The number of hydrogen-bond acceptors (Lipinski definition) is 2. The van der Waals surface area contributed by atoms with E-state index in [4.69, 9.17) is 4.74 Å². The van der Waals surface area contributed by atoms with Gasteiger partial charge in [0.15, 0.2) is 6.61 Å². The van der Waals surface area contributed by atoms with Crippen molar-refractivity contribution >= 4 is 43.5 Å². The van der Waals surface area contributed by atoms with Gasteiger partial charge in [-0.3, -0.25) is 4.79 Å². The molecule has 0 aliphatic heterocycles. The van der Waals surface area contributed by atoms with E-state index in [-0.39, 0.29) is 12.5 Å². The third-order valence-electron chi connectivity index (χ3n) is 3.08.